The second-order valence-corrected chi connectivity index (χ2v) is 20.2. The minimum absolute atomic E-state index is 0.792. The van der Waals surface area contributed by atoms with Crippen molar-refractivity contribution in [2.24, 2.45) is 0 Å². The van der Waals surface area contributed by atoms with Gasteiger partial charge in [-0.1, -0.05) is 303 Å². The molecule has 0 spiro atoms. The molecule has 0 aliphatic carbocycles. The van der Waals surface area contributed by atoms with Crippen LogP contribution in [0.1, 0.15) is 66.8 Å². The Balaban J connectivity index is 1.08. The van der Waals surface area contributed by atoms with Gasteiger partial charge in [-0.05, 0) is 147 Å². The summed E-state index contributed by atoms with van der Waals surface area (Å²) >= 11 is 0. The largest absolute Gasteiger partial charge is 0.497 e. The summed E-state index contributed by atoms with van der Waals surface area (Å²) in [4.78, 5) is 0. The van der Waals surface area contributed by atoms with Gasteiger partial charge in [-0.25, -0.2) is 0 Å². The Morgan fingerprint density at radius 3 is 0.500 bits per heavy atom. The lowest BCUT2D eigenvalue weighted by molar-refractivity contribution is 0.414. The predicted molar refractivity (Wildman–Crippen MR) is 343 cm³/mol. The van der Waals surface area contributed by atoms with Crippen LogP contribution in [0.15, 0.2) is 328 Å². The van der Waals surface area contributed by atoms with E-state index >= 15 is 0 Å². The van der Waals surface area contributed by atoms with Gasteiger partial charge in [-0.2, -0.15) is 0 Å². The summed E-state index contributed by atoms with van der Waals surface area (Å²) in [7, 11) is 3.43. The molecule has 0 saturated carbocycles. The van der Waals surface area contributed by atoms with E-state index in [0.717, 1.165) is 112 Å². The fourth-order valence-corrected chi connectivity index (χ4v) is 11.2. The third kappa shape index (κ3) is 11.3. The Kier molecular flexibility index (Phi) is 15.7. The number of methoxy groups -OCH3 is 2. The Bertz CT molecular complexity index is 3770. The number of benzene rings is 12. The van der Waals surface area contributed by atoms with Crippen molar-refractivity contribution in [3.63, 3.8) is 0 Å². The molecule has 0 radical (unpaired) electrons. The highest BCUT2D eigenvalue weighted by atomic mass is 16.5. The first-order valence-corrected chi connectivity index (χ1v) is 27.9. The number of rotatable bonds is 16. The second-order valence-electron chi connectivity index (χ2n) is 20.2. The molecule has 12 aromatic carbocycles. The summed E-state index contributed by atoms with van der Waals surface area (Å²) in [5.74, 6) is 1.58. The van der Waals surface area contributed by atoms with Crippen molar-refractivity contribution in [3.05, 3.63) is 394 Å². The molecule has 0 fully saturated rings. The quantitative estimate of drug-likeness (QED) is 0.0898. The molecule has 0 aliphatic rings. The van der Waals surface area contributed by atoms with Gasteiger partial charge in [-0.3, -0.25) is 0 Å². The van der Waals surface area contributed by atoms with Gasteiger partial charge in [-0.15, -0.1) is 0 Å². The van der Waals surface area contributed by atoms with Crippen LogP contribution in [-0.4, -0.2) is 14.2 Å². The lowest BCUT2D eigenvalue weighted by atomic mass is 9.82. The third-order valence-electron chi connectivity index (χ3n) is 15.2. The molecule has 12 aromatic rings. The average molecular weight is 1050 g/mol. The Morgan fingerprint density at radius 1 is 0.159 bits per heavy atom. The maximum atomic E-state index is 5.74. The van der Waals surface area contributed by atoms with Crippen LogP contribution in [0.5, 0.6) is 11.5 Å². The molecular formula is C80H60O2. The molecular weight excluding hydrogens is 993 g/mol. The lowest BCUT2D eigenvalue weighted by Gasteiger charge is -2.22. The standard InChI is InChI=1S/C80H60O2/c1-81-73-53-49-71(50-54-73)80(72-51-55-74(82-2)56-52-72)79(69-45-41-67(42-46-69)77(65-37-33-59(34-38-65)57-21-9-3-10-22-57)75(61-25-13-5-14-26-61)62-27-15-6-16-28-62)70-47-43-68(44-48-70)78(66-39-35-60(36-40-66)58-23-11-4-12-24-58)76(63-29-17-7-18-30-63)64-31-19-8-20-32-64/h3-56H,1-2H3. The van der Waals surface area contributed by atoms with E-state index in [-0.39, 0.29) is 0 Å². The number of hydrogen-bond acceptors (Lipinski definition) is 2. The van der Waals surface area contributed by atoms with Gasteiger partial charge in [0, 0.05) is 0 Å². The smallest absolute Gasteiger partial charge is 0.118 e. The van der Waals surface area contributed by atoms with Gasteiger partial charge in [0.05, 0.1) is 14.2 Å². The van der Waals surface area contributed by atoms with E-state index < -0.39 is 0 Å². The Labute approximate surface area is 482 Å². The number of ether oxygens (including phenoxy) is 2. The minimum atomic E-state index is 0.792. The molecule has 12 rings (SSSR count). The molecule has 0 unspecified atom stereocenters. The molecule has 0 saturated heterocycles. The highest BCUT2D eigenvalue weighted by Gasteiger charge is 2.22. The van der Waals surface area contributed by atoms with E-state index in [1.165, 1.54) is 22.3 Å². The zero-order chi connectivity index (χ0) is 55.5. The first kappa shape index (κ1) is 52.2. The third-order valence-corrected chi connectivity index (χ3v) is 15.2. The van der Waals surface area contributed by atoms with Gasteiger partial charge in [0.1, 0.15) is 11.5 Å². The molecule has 392 valence electrons. The summed E-state index contributed by atoms with van der Waals surface area (Å²) in [5.41, 5.74) is 24.8. The van der Waals surface area contributed by atoms with Crippen LogP contribution in [0, 0.1) is 0 Å². The number of hydrogen-bond donors (Lipinski definition) is 0. The van der Waals surface area contributed by atoms with Crippen molar-refractivity contribution in [3.8, 4) is 33.8 Å². The normalized spacial score (nSPS) is 10.8. The highest BCUT2D eigenvalue weighted by Crippen LogP contribution is 2.43. The van der Waals surface area contributed by atoms with Gasteiger partial charge in [0.25, 0.3) is 0 Å². The lowest BCUT2D eigenvalue weighted by Crippen LogP contribution is -2.01. The molecule has 0 heterocycles. The fourth-order valence-electron chi connectivity index (χ4n) is 11.2. The van der Waals surface area contributed by atoms with Gasteiger partial charge in [0.15, 0.2) is 0 Å². The average Bonchev–Trinajstić information content (AvgIpc) is 3.69. The summed E-state index contributed by atoms with van der Waals surface area (Å²) < 4.78 is 11.5. The van der Waals surface area contributed by atoms with Crippen LogP contribution in [0.4, 0.5) is 0 Å². The molecule has 0 atom stereocenters. The summed E-state index contributed by atoms with van der Waals surface area (Å²) in [6, 6.07) is 118. The first-order valence-electron chi connectivity index (χ1n) is 27.9. The van der Waals surface area contributed by atoms with Crippen molar-refractivity contribution in [1.82, 2.24) is 0 Å². The van der Waals surface area contributed by atoms with Crippen LogP contribution >= 0.6 is 0 Å². The van der Waals surface area contributed by atoms with Crippen LogP contribution in [0.2, 0.25) is 0 Å². The van der Waals surface area contributed by atoms with E-state index in [4.69, 9.17) is 9.47 Å². The van der Waals surface area contributed by atoms with Crippen LogP contribution in [-0.2, 0) is 0 Å². The molecule has 82 heavy (non-hydrogen) atoms. The highest BCUT2D eigenvalue weighted by molar-refractivity contribution is 6.08. The molecule has 0 aliphatic heterocycles. The van der Waals surface area contributed by atoms with E-state index in [2.05, 4.69) is 303 Å². The SMILES string of the molecule is COc1ccc(C(=C(c2ccc(C(=C(c3ccccc3)c3ccccc3)c3ccc(-c4ccccc4)cc3)cc2)c2ccc(C(=C(c3ccccc3)c3ccccc3)c3ccc(-c4ccccc4)cc3)cc2)c2ccc(OC)cc2)cc1. The maximum absolute atomic E-state index is 5.74. The monoisotopic (exact) mass is 1050 g/mol. The van der Waals surface area contributed by atoms with Gasteiger partial charge >= 0.3 is 0 Å². The van der Waals surface area contributed by atoms with E-state index in [1.54, 1.807) is 14.2 Å². The molecule has 0 N–H and O–H groups in total. The van der Waals surface area contributed by atoms with Crippen molar-refractivity contribution < 1.29 is 9.47 Å². The fraction of sp³-hybridized carbons (Fsp3) is 0.0250. The molecule has 2 heteroatoms. The summed E-state index contributed by atoms with van der Waals surface area (Å²) in [5, 5.41) is 0. The first-order chi connectivity index (χ1) is 40.6. The second kappa shape index (κ2) is 24.6. The minimum Gasteiger partial charge on any atom is -0.497 e. The molecule has 0 amide bonds. The van der Waals surface area contributed by atoms with Crippen LogP contribution in [0.3, 0.4) is 0 Å². The summed E-state index contributed by atoms with van der Waals surface area (Å²) in [6.45, 7) is 0. The summed E-state index contributed by atoms with van der Waals surface area (Å²) in [6.07, 6.45) is 0. The van der Waals surface area contributed by atoms with E-state index in [0.29, 0.717) is 0 Å². The van der Waals surface area contributed by atoms with Crippen LogP contribution < -0.4 is 9.47 Å². The van der Waals surface area contributed by atoms with Crippen LogP contribution in [0.25, 0.3) is 55.7 Å². The molecule has 2 nitrogen and oxygen atoms in total. The van der Waals surface area contributed by atoms with Gasteiger partial charge in [0.2, 0.25) is 0 Å². The van der Waals surface area contributed by atoms with E-state index in [9.17, 15) is 0 Å². The van der Waals surface area contributed by atoms with E-state index in [1.807, 2.05) is 24.3 Å². The zero-order valence-corrected chi connectivity index (χ0v) is 46.0. The predicted octanol–water partition coefficient (Wildman–Crippen LogP) is 20.1. The zero-order valence-electron chi connectivity index (χ0n) is 46.0. The maximum Gasteiger partial charge on any atom is 0.118 e. The van der Waals surface area contributed by atoms with Crippen molar-refractivity contribution in [1.29, 1.82) is 0 Å². The Hall–Kier alpha value is -10.5. The topological polar surface area (TPSA) is 18.5 Å². The van der Waals surface area contributed by atoms with Crippen molar-refractivity contribution in [2.75, 3.05) is 14.2 Å². The molecule has 0 bridgehead atoms. The van der Waals surface area contributed by atoms with Crippen molar-refractivity contribution >= 4 is 33.4 Å². The van der Waals surface area contributed by atoms with Crippen molar-refractivity contribution in [2.45, 2.75) is 0 Å². The Morgan fingerprint density at radius 2 is 0.305 bits per heavy atom. The molecule has 0 aromatic heterocycles. The van der Waals surface area contributed by atoms with Gasteiger partial charge < -0.3 is 9.47 Å².